The normalized spacial score (nSPS) is 10.2. The van der Waals surface area contributed by atoms with Crippen LogP contribution in [0.25, 0.3) is 0 Å². The molecule has 0 spiro atoms. The second-order valence-electron chi connectivity index (χ2n) is 5.04. The average molecular weight is 327 g/mol. The molecule has 0 bridgehead atoms. The third-order valence-electron chi connectivity index (χ3n) is 2.69. The largest absolute Gasteiger partial charge is 0.452 e. The lowest BCUT2D eigenvalue weighted by Gasteiger charge is -2.09. The summed E-state index contributed by atoms with van der Waals surface area (Å²) in [5.41, 5.74) is 0.165. The van der Waals surface area contributed by atoms with Gasteiger partial charge in [-0.15, -0.1) is 0 Å². The molecule has 7 heteroatoms. The molecule has 1 aromatic carbocycles. The smallest absolute Gasteiger partial charge is 0.340 e. The van der Waals surface area contributed by atoms with Gasteiger partial charge in [-0.3, -0.25) is 10.1 Å². The standard InChI is InChI=1S/C15H19ClN2O4/c1-10(2)7-8-17-15(21)18-13(19)9-22-14(20)11-5-3-4-6-12(11)16/h3-6,10H,7-9H2,1-2H3,(H2,17,18,19,21). The Morgan fingerprint density at radius 2 is 1.91 bits per heavy atom. The summed E-state index contributed by atoms with van der Waals surface area (Å²) in [6, 6.07) is 5.72. The predicted molar refractivity (Wildman–Crippen MR) is 82.7 cm³/mol. The second kappa shape index (κ2) is 9.04. The van der Waals surface area contributed by atoms with Crippen LogP contribution in [-0.2, 0) is 9.53 Å². The van der Waals surface area contributed by atoms with Crippen molar-refractivity contribution in [3.63, 3.8) is 0 Å². The van der Waals surface area contributed by atoms with Crippen molar-refractivity contribution in [1.82, 2.24) is 10.6 Å². The minimum absolute atomic E-state index is 0.165. The van der Waals surface area contributed by atoms with Gasteiger partial charge in [-0.25, -0.2) is 9.59 Å². The van der Waals surface area contributed by atoms with Gasteiger partial charge in [-0.1, -0.05) is 37.6 Å². The summed E-state index contributed by atoms with van der Waals surface area (Å²) in [4.78, 5) is 34.6. The summed E-state index contributed by atoms with van der Waals surface area (Å²) in [5.74, 6) is -0.976. The monoisotopic (exact) mass is 326 g/mol. The van der Waals surface area contributed by atoms with E-state index in [4.69, 9.17) is 16.3 Å². The zero-order valence-electron chi connectivity index (χ0n) is 12.5. The summed E-state index contributed by atoms with van der Waals surface area (Å²) in [7, 11) is 0. The van der Waals surface area contributed by atoms with Gasteiger partial charge in [0.1, 0.15) is 0 Å². The Bertz CT molecular complexity index is 546. The Hall–Kier alpha value is -2.08. The summed E-state index contributed by atoms with van der Waals surface area (Å²) < 4.78 is 4.80. The Morgan fingerprint density at radius 3 is 2.55 bits per heavy atom. The molecule has 0 aromatic heterocycles. The van der Waals surface area contributed by atoms with Gasteiger partial charge in [0.25, 0.3) is 5.91 Å². The van der Waals surface area contributed by atoms with Crippen molar-refractivity contribution in [2.24, 2.45) is 5.92 Å². The van der Waals surface area contributed by atoms with E-state index in [1.807, 2.05) is 13.8 Å². The number of amides is 3. The summed E-state index contributed by atoms with van der Waals surface area (Å²) in [6.45, 7) is 3.97. The highest BCUT2D eigenvalue weighted by Crippen LogP contribution is 2.15. The molecule has 3 amide bonds. The third-order valence-corrected chi connectivity index (χ3v) is 3.02. The quantitative estimate of drug-likeness (QED) is 0.786. The van der Waals surface area contributed by atoms with E-state index in [1.54, 1.807) is 18.2 Å². The van der Waals surface area contributed by atoms with E-state index in [1.165, 1.54) is 6.07 Å². The molecule has 0 atom stereocenters. The molecule has 0 aliphatic carbocycles. The van der Waals surface area contributed by atoms with E-state index >= 15 is 0 Å². The molecule has 0 aliphatic heterocycles. The van der Waals surface area contributed by atoms with Gasteiger partial charge in [0.15, 0.2) is 6.61 Å². The van der Waals surface area contributed by atoms with Crippen molar-refractivity contribution in [2.45, 2.75) is 20.3 Å². The number of carbonyl (C=O) groups is 3. The van der Waals surface area contributed by atoms with E-state index in [0.717, 1.165) is 6.42 Å². The van der Waals surface area contributed by atoms with Crippen LogP contribution >= 0.6 is 11.6 Å². The van der Waals surface area contributed by atoms with Crippen LogP contribution in [0.3, 0.4) is 0 Å². The topological polar surface area (TPSA) is 84.5 Å². The van der Waals surface area contributed by atoms with Crippen molar-refractivity contribution < 1.29 is 19.1 Å². The lowest BCUT2D eigenvalue weighted by Crippen LogP contribution is -2.42. The maximum absolute atomic E-state index is 11.7. The minimum atomic E-state index is -0.721. The van der Waals surface area contributed by atoms with Crippen LogP contribution in [0, 0.1) is 5.92 Å². The zero-order chi connectivity index (χ0) is 16.5. The number of ether oxygens (including phenoxy) is 1. The molecule has 22 heavy (non-hydrogen) atoms. The Balaban J connectivity index is 2.32. The third kappa shape index (κ3) is 6.58. The SMILES string of the molecule is CC(C)CCNC(=O)NC(=O)COC(=O)c1ccccc1Cl. The van der Waals surface area contributed by atoms with E-state index < -0.39 is 24.5 Å². The molecule has 6 nitrogen and oxygen atoms in total. The minimum Gasteiger partial charge on any atom is -0.452 e. The fourth-order valence-electron chi connectivity index (χ4n) is 1.52. The second-order valence-corrected chi connectivity index (χ2v) is 5.45. The van der Waals surface area contributed by atoms with Crippen molar-refractivity contribution in [3.05, 3.63) is 34.9 Å². The van der Waals surface area contributed by atoms with Gasteiger partial charge >= 0.3 is 12.0 Å². The van der Waals surface area contributed by atoms with Gasteiger partial charge in [0.05, 0.1) is 10.6 Å². The highest BCUT2D eigenvalue weighted by atomic mass is 35.5. The fraction of sp³-hybridized carbons (Fsp3) is 0.400. The van der Waals surface area contributed by atoms with Crippen LogP contribution in [0.1, 0.15) is 30.6 Å². The van der Waals surface area contributed by atoms with Crippen LogP contribution in [0.4, 0.5) is 4.79 Å². The van der Waals surface area contributed by atoms with Crippen molar-refractivity contribution in [2.75, 3.05) is 13.2 Å². The molecule has 1 aromatic rings. The number of benzene rings is 1. The summed E-state index contributed by atoms with van der Waals surface area (Å²) in [5, 5.41) is 4.85. The van der Waals surface area contributed by atoms with Gasteiger partial charge in [0.2, 0.25) is 0 Å². The number of hydrogen-bond donors (Lipinski definition) is 2. The van der Waals surface area contributed by atoms with Crippen molar-refractivity contribution in [1.29, 1.82) is 0 Å². The van der Waals surface area contributed by atoms with Crippen LogP contribution in [0.5, 0.6) is 0 Å². The molecule has 0 aliphatic rings. The predicted octanol–water partition coefficient (Wildman–Crippen LogP) is 2.37. The van der Waals surface area contributed by atoms with E-state index in [2.05, 4.69) is 10.6 Å². The maximum Gasteiger partial charge on any atom is 0.340 e. The average Bonchev–Trinajstić information content (AvgIpc) is 2.44. The highest BCUT2D eigenvalue weighted by molar-refractivity contribution is 6.33. The van der Waals surface area contributed by atoms with Gasteiger partial charge in [0, 0.05) is 6.54 Å². The lowest BCUT2D eigenvalue weighted by atomic mass is 10.1. The molecular weight excluding hydrogens is 308 g/mol. The van der Waals surface area contributed by atoms with Gasteiger partial charge in [-0.2, -0.15) is 0 Å². The molecule has 1 rings (SSSR count). The molecule has 0 heterocycles. The molecule has 2 N–H and O–H groups in total. The number of esters is 1. The highest BCUT2D eigenvalue weighted by Gasteiger charge is 2.14. The number of carbonyl (C=O) groups excluding carboxylic acids is 3. The molecule has 0 saturated heterocycles. The number of urea groups is 1. The lowest BCUT2D eigenvalue weighted by molar-refractivity contribution is -0.123. The van der Waals surface area contributed by atoms with Crippen molar-refractivity contribution in [3.8, 4) is 0 Å². The first-order valence-electron chi connectivity index (χ1n) is 6.89. The molecule has 0 fully saturated rings. The molecule has 0 unspecified atom stereocenters. The number of hydrogen-bond acceptors (Lipinski definition) is 4. The maximum atomic E-state index is 11.7. The summed E-state index contributed by atoms with van der Waals surface area (Å²) >= 11 is 5.84. The first-order chi connectivity index (χ1) is 10.4. The fourth-order valence-corrected chi connectivity index (χ4v) is 1.73. The van der Waals surface area contributed by atoms with E-state index in [-0.39, 0.29) is 10.6 Å². The van der Waals surface area contributed by atoms with Crippen LogP contribution in [-0.4, -0.2) is 31.1 Å². The number of rotatable bonds is 6. The molecule has 0 saturated carbocycles. The summed E-state index contributed by atoms with van der Waals surface area (Å²) in [6.07, 6.45) is 0.809. The Morgan fingerprint density at radius 1 is 1.23 bits per heavy atom. The van der Waals surface area contributed by atoms with Crippen LogP contribution < -0.4 is 10.6 Å². The number of halogens is 1. The first kappa shape index (κ1) is 18.0. The van der Waals surface area contributed by atoms with Gasteiger partial charge in [-0.05, 0) is 24.5 Å². The molecule has 120 valence electrons. The van der Waals surface area contributed by atoms with E-state index in [9.17, 15) is 14.4 Å². The molecule has 0 radical (unpaired) electrons. The van der Waals surface area contributed by atoms with E-state index in [0.29, 0.717) is 12.5 Å². The number of imide groups is 1. The Kier molecular flexibility index (Phi) is 7.39. The first-order valence-corrected chi connectivity index (χ1v) is 7.27. The van der Waals surface area contributed by atoms with Crippen LogP contribution in [0.15, 0.2) is 24.3 Å². The van der Waals surface area contributed by atoms with Gasteiger partial charge < -0.3 is 10.1 Å². The molecular formula is C15H19ClN2O4. The Labute approximate surface area is 134 Å². The number of nitrogens with one attached hydrogen (secondary N) is 2. The van der Waals surface area contributed by atoms with Crippen molar-refractivity contribution >= 4 is 29.5 Å². The van der Waals surface area contributed by atoms with Crippen LogP contribution in [0.2, 0.25) is 5.02 Å². The zero-order valence-corrected chi connectivity index (χ0v) is 13.3.